The maximum absolute atomic E-state index is 5.84. The van der Waals surface area contributed by atoms with E-state index in [-0.39, 0.29) is 5.92 Å². The molecule has 2 rings (SSSR count). The highest BCUT2D eigenvalue weighted by Crippen LogP contribution is 2.27. The predicted molar refractivity (Wildman–Crippen MR) is 71.9 cm³/mol. The van der Waals surface area contributed by atoms with Gasteiger partial charge < -0.3 is 5.73 Å². The molecule has 2 N–H and O–H groups in total. The van der Waals surface area contributed by atoms with Crippen molar-refractivity contribution in [2.45, 2.75) is 12.8 Å². The molecule has 1 aromatic heterocycles. The van der Waals surface area contributed by atoms with Crippen LogP contribution in [-0.4, -0.2) is 11.5 Å². The SMILES string of the molecule is Cc1csc(C(CN)c2ccc(Br)cc2)n1. The van der Waals surface area contributed by atoms with Gasteiger partial charge in [-0.2, -0.15) is 0 Å². The summed E-state index contributed by atoms with van der Waals surface area (Å²) in [5.74, 6) is 0.215. The van der Waals surface area contributed by atoms with Crippen molar-refractivity contribution < 1.29 is 0 Å². The number of aromatic nitrogens is 1. The van der Waals surface area contributed by atoms with Crippen LogP contribution in [0.5, 0.6) is 0 Å². The minimum absolute atomic E-state index is 0.215. The van der Waals surface area contributed by atoms with Gasteiger partial charge in [-0.15, -0.1) is 11.3 Å². The maximum atomic E-state index is 5.84. The first-order valence-corrected chi connectivity index (χ1v) is 6.75. The molecule has 0 saturated heterocycles. The van der Waals surface area contributed by atoms with Crippen LogP contribution in [0.25, 0.3) is 0 Å². The third-order valence-electron chi connectivity index (χ3n) is 2.44. The summed E-state index contributed by atoms with van der Waals surface area (Å²) in [5, 5.41) is 3.17. The minimum atomic E-state index is 0.215. The van der Waals surface area contributed by atoms with Crippen LogP contribution in [0.1, 0.15) is 22.2 Å². The molecule has 0 aliphatic heterocycles. The molecule has 0 radical (unpaired) electrons. The van der Waals surface area contributed by atoms with Gasteiger partial charge in [0.1, 0.15) is 5.01 Å². The fraction of sp³-hybridized carbons (Fsp3) is 0.250. The van der Waals surface area contributed by atoms with E-state index in [0.717, 1.165) is 15.2 Å². The van der Waals surface area contributed by atoms with Gasteiger partial charge in [-0.25, -0.2) is 4.98 Å². The van der Waals surface area contributed by atoms with Crippen LogP contribution in [0.15, 0.2) is 34.1 Å². The summed E-state index contributed by atoms with van der Waals surface area (Å²) < 4.78 is 1.09. The zero-order valence-electron chi connectivity index (χ0n) is 8.98. The first-order valence-electron chi connectivity index (χ1n) is 5.08. The number of halogens is 1. The zero-order chi connectivity index (χ0) is 11.5. The number of thiazole rings is 1. The van der Waals surface area contributed by atoms with Crippen LogP contribution in [0.2, 0.25) is 0 Å². The molecule has 1 unspecified atom stereocenters. The number of nitrogens with zero attached hydrogens (tertiary/aromatic N) is 1. The summed E-state index contributed by atoms with van der Waals surface area (Å²) in [4.78, 5) is 4.51. The van der Waals surface area contributed by atoms with Gasteiger partial charge >= 0.3 is 0 Å². The van der Waals surface area contributed by atoms with E-state index in [4.69, 9.17) is 5.73 Å². The molecule has 4 heteroatoms. The van der Waals surface area contributed by atoms with Crippen molar-refractivity contribution in [2.24, 2.45) is 5.73 Å². The Labute approximate surface area is 108 Å². The second-order valence-electron chi connectivity index (χ2n) is 3.67. The van der Waals surface area contributed by atoms with E-state index >= 15 is 0 Å². The van der Waals surface area contributed by atoms with Gasteiger partial charge in [0, 0.05) is 28.0 Å². The summed E-state index contributed by atoms with van der Waals surface area (Å²) >= 11 is 5.11. The molecule has 1 heterocycles. The number of nitrogens with two attached hydrogens (primary N) is 1. The Morgan fingerprint density at radius 1 is 1.38 bits per heavy atom. The lowest BCUT2D eigenvalue weighted by atomic mass is 10.0. The van der Waals surface area contributed by atoms with E-state index in [9.17, 15) is 0 Å². The molecule has 1 atom stereocenters. The standard InChI is InChI=1S/C12H13BrN2S/c1-8-7-16-12(15-8)11(6-14)9-2-4-10(13)5-3-9/h2-5,7,11H,6,14H2,1H3. The number of rotatable bonds is 3. The topological polar surface area (TPSA) is 38.9 Å². The molecular weight excluding hydrogens is 284 g/mol. The largest absolute Gasteiger partial charge is 0.329 e. The number of benzene rings is 1. The van der Waals surface area contributed by atoms with Crippen LogP contribution < -0.4 is 5.73 Å². The molecule has 0 aliphatic rings. The van der Waals surface area contributed by atoms with Gasteiger partial charge in [0.25, 0.3) is 0 Å². The van der Waals surface area contributed by atoms with Crippen molar-refractivity contribution in [1.29, 1.82) is 0 Å². The van der Waals surface area contributed by atoms with Crippen molar-refractivity contribution in [1.82, 2.24) is 4.98 Å². The lowest BCUT2D eigenvalue weighted by Crippen LogP contribution is -2.13. The summed E-state index contributed by atoms with van der Waals surface area (Å²) in [6, 6.07) is 8.27. The third kappa shape index (κ3) is 2.51. The highest BCUT2D eigenvalue weighted by atomic mass is 79.9. The summed E-state index contributed by atoms with van der Waals surface area (Å²) in [7, 11) is 0. The second kappa shape index (κ2) is 5.08. The molecule has 84 valence electrons. The molecule has 0 amide bonds. The van der Waals surface area contributed by atoms with Gasteiger partial charge in [-0.1, -0.05) is 28.1 Å². The first-order chi connectivity index (χ1) is 7.70. The number of hydrogen-bond acceptors (Lipinski definition) is 3. The number of aryl methyl sites for hydroxylation is 1. The van der Waals surface area contributed by atoms with E-state index in [2.05, 4.69) is 38.4 Å². The average Bonchev–Trinajstić information content (AvgIpc) is 2.69. The van der Waals surface area contributed by atoms with Gasteiger partial charge in [0.15, 0.2) is 0 Å². The van der Waals surface area contributed by atoms with Gasteiger partial charge in [0.2, 0.25) is 0 Å². The zero-order valence-corrected chi connectivity index (χ0v) is 11.4. The van der Waals surface area contributed by atoms with Gasteiger partial charge in [-0.3, -0.25) is 0 Å². The Balaban J connectivity index is 2.32. The average molecular weight is 297 g/mol. The third-order valence-corrected chi connectivity index (χ3v) is 4.05. The lowest BCUT2D eigenvalue weighted by Gasteiger charge is -2.12. The van der Waals surface area contributed by atoms with E-state index in [1.807, 2.05) is 19.1 Å². The first kappa shape index (κ1) is 11.8. The normalized spacial score (nSPS) is 12.7. The molecular formula is C12H13BrN2S. The van der Waals surface area contributed by atoms with Crippen molar-refractivity contribution in [2.75, 3.05) is 6.54 Å². The summed E-state index contributed by atoms with van der Waals surface area (Å²) in [5.41, 5.74) is 8.13. The highest BCUT2D eigenvalue weighted by molar-refractivity contribution is 9.10. The summed E-state index contributed by atoms with van der Waals surface area (Å²) in [6.07, 6.45) is 0. The molecule has 2 nitrogen and oxygen atoms in total. The Hall–Kier alpha value is -0.710. The Bertz CT molecular complexity index is 464. The van der Waals surface area contributed by atoms with Crippen LogP contribution in [-0.2, 0) is 0 Å². The lowest BCUT2D eigenvalue weighted by molar-refractivity contribution is 0.806. The molecule has 2 aromatic rings. The van der Waals surface area contributed by atoms with Crippen molar-refractivity contribution in [3.63, 3.8) is 0 Å². The molecule has 16 heavy (non-hydrogen) atoms. The van der Waals surface area contributed by atoms with E-state index in [1.54, 1.807) is 11.3 Å². The fourth-order valence-electron chi connectivity index (χ4n) is 1.61. The molecule has 0 fully saturated rings. The van der Waals surface area contributed by atoms with Crippen LogP contribution in [0.4, 0.5) is 0 Å². The predicted octanol–water partition coefficient (Wildman–Crippen LogP) is 3.30. The smallest absolute Gasteiger partial charge is 0.102 e. The van der Waals surface area contributed by atoms with Crippen LogP contribution in [0.3, 0.4) is 0 Å². The van der Waals surface area contributed by atoms with E-state index in [0.29, 0.717) is 6.54 Å². The quantitative estimate of drug-likeness (QED) is 0.944. The fourth-order valence-corrected chi connectivity index (χ4v) is 2.81. The Morgan fingerprint density at radius 2 is 2.06 bits per heavy atom. The maximum Gasteiger partial charge on any atom is 0.102 e. The minimum Gasteiger partial charge on any atom is -0.329 e. The van der Waals surface area contributed by atoms with Gasteiger partial charge in [-0.05, 0) is 24.6 Å². The van der Waals surface area contributed by atoms with Crippen molar-refractivity contribution >= 4 is 27.3 Å². The molecule has 0 spiro atoms. The molecule has 0 saturated carbocycles. The second-order valence-corrected chi connectivity index (χ2v) is 5.47. The van der Waals surface area contributed by atoms with Crippen LogP contribution in [0, 0.1) is 6.92 Å². The van der Waals surface area contributed by atoms with Crippen molar-refractivity contribution in [3.8, 4) is 0 Å². The van der Waals surface area contributed by atoms with Crippen LogP contribution >= 0.6 is 27.3 Å². The monoisotopic (exact) mass is 296 g/mol. The molecule has 0 bridgehead atoms. The summed E-state index contributed by atoms with van der Waals surface area (Å²) in [6.45, 7) is 2.60. The van der Waals surface area contributed by atoms with E-state index < -0.39 is 0 Å². The molecule has 0 aliphatic carbocycles. The Kier molecular flexibility index (Phi) is 3.74. The highest BCUT2D eigenvalue weighted by Gasteiger charge is 2.15. The van der Waals surface area contributed by atoms with Gasteiger partial charge in [0.05, 0.1) is 0 Å². The Morgan fingerprint density at radius 3 is 2.56 bits per heavy atom. The van der Waals surface area contributed by atoms with Crippen molar-refractivity contribution in [3.05, 3.63) is 50.4 Å². The molecule has 1 aromatic carbocycles. The number of hydrogen-bond donors (Lipinski definition) is 1. The van der Waals surface area contributed by atoms with E-state index in [1.165, 1.54) is 5.56 Å².